The number of hydrogen-bond acceptors (Lipinski definition) is 2. The maximum atomic E-state index is 12.2. The Morgan fingerprint density at radius 1 is 1.33 bits per heavy atom. The summed E-state index contributed by atoms with van der Waals surface area (Å²) in [5.41, 5.74) is 2.58. The van der Waals surface area contributed by atoms with Gasteiger partial charge in [-0.2, -0.15) is 0 Å². The van der Waals surface area contributed by atoms with Crippen LogP contribution in [0.4, 0.5) is 5.69 Å². The van der Waals surface area contributed by atoms with Gasteiger partial charge in [-0.15, -0.1) is 0 Å². The molecule has 0 spiro atoms. The van der Waals surface area contributed by atoms with Gasteiger partial charge in [0.15, 0.2) is 0 Å². The number of carbonyl (C=O) groups excluding carboxylic acids is 2. The molecule has 4 nitrogen and oxygen atoms in total. The van der Waals surface area contributed by atoms with Crippen LogP contribution in [0.25, 0.3) is 0 Å². The molecule has 1 heterocycles. The summed E-state index contributed by atoms with van der Waals surface area (Å²) in [5.74, 6) is 1.46. The van der Waals surface area contributed by atoms with Gasteiger partial charge in [-0.05, 0) is 54.9 Å². The van der Waals surface area contributed by atoms with Gasteiger partial charge in [0.25, 0.3) is 5.91 Å². The molecule has 2 unspecified atom stereocenters. The van der Waals surface area contributed by atoms with Gasteiger partial charge in [-0.1, -0.05) is 13.3 Å². The van der Waals surface area contributed by atoms with Crippen LogP contribution >= 0.6 is 0 Å². The second-order valence-electron chi connectivity index (χ2n) is 6.41. The van der Waals surface area contributed by atoms with Gasteiger partial charge in [0, 0.05) is 24.2 Å². The number of anilines is 1. The molecule has 0 radical (unpaired) electrons. The number of carbonyl (C=O) groups is 2. The molecule has 1 aliphatic heterocycles. The minimum atomic E-state index is -0.00532. The number of hydrogen-bond donors (Lipinski definition) is 2. The van der Waals surface area contributed by atoms with Gasteiger partial charge < -0.3 is 10.6 Å². The van der Waals surface area contributed by atoms with Gasteiger partial charge in [-0.25, -0.2) is 0 Å². The predicted molar refractivity (Wildman–Crippen MR) is 82.2 cm³/mol. The zero-order valence-electron chi connectivity index (χ0n) is 12.4. The first-order valence-electron chi connectivity index (χ1n) is 7.83. The van der Waals surface area contributed by atoms with E-state index in [1.807, 2.05) is 12.1 Å². The van der Waals surface area contributed by atoms with Gasteiger partial charge in [0.1, 0.15) is 0 Å². The molecular formula is C17H22N2O2. The van der Waals surface area contributed by atoms with Crippen LogP contribution in [0.3, 0.4) is 0 Å². The van der Waals surface area contributed by atoms with E-state index in [-0.39, 0.29) is 11.8 Å². The van der Waals surface area contributed by atoms with Crippen LogP contribution in [0, 0.1) is 11.8 Å². The zero-order valence-corrected chi connectivity index (χ0v) is 12.4. The maximum Gasteiger partial charge on any atom is 0.251 e. The Morgan fingerprint density at radius 2 is 2.19 bits per heavy atom. The normalized spacial score (nSPS) is 24.3. The summed E-state index contributed by atoms with van der Waals surface area (Å²) in [6.07, 6.45) is 4.92. The number of fused-ring (bicyclic) bond motifs is 1. The van der Waals surface area contributed by atoms with Crippen molar-refractivity contribution in [2.45, 2.75) is 39.0 Å². The molecule has 1 fully saturated rings. The maximum absolute atomic E-state index is 12.2. The van der Waals surface area contributed by atoms with Crippen molar-refractivity contribution in [3.05, 3.63) is 29.3 Å². The molecule has 2 N–H and O–H groups in total. The molecule has 1 aromatic carbocycles. The van der Waals surface area contributed by atoms with Crippen molar-refractivity contribution < 1.29 is 9.59 Å². The van der Waals surface area contributed by atoms with Gasteiger partial charge in [-0.3, -0.25) is 9.59 Å². The summed E-state index contributed by atoms with van der Waals surface area (Å²) in [4.78, 5) is 23.6. The molecule has 112 valence electrons. The molecule has 1 aromatic rings. The summed E-state index contributed by atoms with van der Waals surface area (Å²) < 4.78 is 0. The molecule has 21 heavy (non-hydrogen) atoms. The minimum Gasteiger partial charge on any atom is -0.352 e. The van der Waals surface area contributed by atoms with E-state index in [2.05, 4.69) is 17.6 Å². The van der Waals surface area contributed by atoms with Crippen LogP contribution in [-0.4, -0.2) is 18.4 Å². The van der Waals surface area contributed by atoms with Gasteiger partial charge >= 0.3 is 0 Å². The Morgan fingerprint density at radius 3 is 2.95 bits per heavy atom. The number of rotatable bonds is 3. The van der Waals surface area contributed by atoms with Crippen molar-refractivity contribution in [3.8, 4) is 0 Å². The summed E-state index contributed by atoms with van der Waals surface area (Å²) in [6.45, 7) is 3.05. The van der Waals surface area contributed by atoms with E-state index in [1.165, 1.54) is 19.3 Å². The lowest BCUT2D eigenvalue weighted by Gasteiger charge is -2.17. The minimum absolute atomic E-state index is 0.00532. The number of amides is 2. The molecule has 0 aromatic heterocycles. The molecular weight excluding hydrogens is 264 g/mol. The highest BCUT2D eigenvalue weighted by Crippen LogP contribution is 2.29. The van der Waals surface area contributed by atoms with Crippen LogP contribution in [0.1, 0.15) is 48.5 Å². The highest BCUT2D eigenvalue weighted by molar-refractivity contribution is 5.97. The fourth-order valence-corrected chi connectivity index (χ4v) is 3.37. The Kier molecular flexibility index (Phi) is 3.95. The van der Waals surface area contributed by atoms with Crippen LogP contribution < -0.4 is 10.6 Å². The molecule has 2 atom stereocenters. The summed E-state index contributed by atoms with van der Waals surface area (Å²) >= 11 is 0. The molecule has 0 saturated heterocycles. The van der Waals surface area contributed by atoms with Crippen molar-refractivity contribution in [1.82, 2.24) is 5.32 Å². The Labute approximate surface area is 125 Å². The van der Waals surface area contributed by atoms with Crippen molar-refractivity contribution in [2.75, 3.05) is 11.9 Å². The lowest BCUT2D eigenvalue weighted by atomic mass is 10.00. The van der Waals surface area contributed by atoms with E-state index in [0.717, 1.165) is 23.7 Å². The molecule has 4 heteroatoms. The second-order valence-corrected chi connectivity index (χ2v) is 6.41. The van der Waals surface area contributed by atoms with Crippen LogP contribution in [0.2, 0.25) is 0 Å². The third-order valence-corrected chi connectivity index (χ3v) is 4.62. The lowest BCUT2D eigenvalue weighted by Crippen LogP contribution is -2.29. The first kappa shape index (κ1) is 14.1. The zero-order chi connectivity index (χ0) is 14.8. The van der Waals surface area contributed by atoms with E-state index in [9.17, 15) is 9.59 Å². The Hall–Kier alpha value is -1.84. The van der Waals surface area contributed by atoms with Crippen LogP contribution in [0.5, 0.6) is 0 Å². The fourth-order valence-electron chi connectivity index (χ4n) is 3.37. The first-order valence-corrected chi connectivity index (χ1v) is 7.83. The van der Waals surface area contributed by atoms with Gasteiger partial charge in [0.2, 0.25) is 5.91 Å². The molecule has 2 amide bonds. The average Bonchev–Trinajstić information content (AvgIpc) is 2.90. The summed E-state index contributed by atoms with van der Waals surface area (Å²) in [5, 5.41) is 5.89. The van der Waals surface area contributed by atoms with Crippen molar-refractivity contribution in [1.29, 1.82) is 0 Å². The van der Waals surface area contributed by atoms with Gasteiger partial charge in [0.05, 0.1) is 0 Å². The lowest BCUT2D eigenvalue weighted by molar-refractivity contribution is -0.116. The van der Waals surface area contributed by atoms with Crippen molar-refractivity contribution in [2.24, 2.45) is 11.8 Å². The largest absolute Gasteiger partial charge is 0.352 e. The monoisotopic (exact) mass is 286 g/mol. The van der Waals surface area contributed by atoms with E-state index in [1.54, 1.807) is 6.07 Å². The molecule has 0 bridgehead atoms. The number of aryl methyl sites for hydroxylation is 1. The SMILES string of the molecule is CC1CCC(CNC(=O)c2ccc3c(c2)CCC(=O)N3)C1. The van der Waals surface area contributed by atoms with E-state index in [0.29, 0.717) is 24.3 Å². The first-order chi connectivity index (χ1) is 10.1. The average molecular weight is 286 g/mol. The summed E-state index contributed by atoms with van der Waals surface area (Å²) in [7, 11) is 0. The topological polar surface area (TPSA) is 58.2 Å². The third-order valence-electron chi connectivity index (χ3n) is 4.62. The van der Waals surface area contributed by atoms with E-state index >= 15 is 0 Å². The molecule has 1 saturated carbocycles. The van der Waals surface area contributed by atoms with Crippen molar-refractivity contribution in [3.63, 3.8) is 0 Å². The Balaban J connectivity index is 1.61. The van der Waals surface area contributed by atoms with Crippen molar-refractivity contribution >= 4 is 17.5 Å². The van der Waals surface area contributed by atoms with Crippen LogP contribution in [0.15, 0.2) is 18.2 Å². The highest BCUT2D eigenvalue weighted by atomic mass is 16.2. The van der Waals surface area contributed by atoms with E-state index < -0.39 is 0 Å². The quantitative estimate of drug-likeness (QED) is 0.897. The second kappa shape index (κ2) is 5.88. The van der Waals surface area contributed by atoms with E-state index in [4.69, 9.17) is 0 Å². The van der Waals surface area contributed by atoms with Crippen LogP contribution in [-0.2, 0) is 11.2 Å². The predicted octanol–water partition coefficient (Wildman–Crippen LogP) is 2.74. The molecule has 2 aliphatic rings. The highest BCUT2D eigenvalue weighted by Gasteiger charge is 2.22. The Bertz CT molecular complexity index is 568. The molecule has 1 aliphatic carbocycles. The fraction of sp³-hybridized carbons (Fsp3) is 0.529. The standard InChI is InChI=1S/C17H22N2O2/c1-11-2-3-12(8-11)10-18-17(21)14-4-6-15-13(9-14)5-7-16(20)19-15/h4,6,9,11-12H,2-3,5,7-8,10H2,1H3,(H,18,21)(H,19,20). The number of benzene rings is 1. The number of nitrogens with one attached hydrogen (secondary N) is 2. The summed E-state index contributed by atoms with van der Waals surface area (Å²) in [6, 6.07) is 5.53. The third kappa shape index (κ3) is 3.26. The smallest absolute Gasteiger partial charge is 0.251 e. The molecule has 3 rings (SSSR count).